The van der Waals surface area contributed by atoms with Crippen molar-refractivity contribution in [2.75, 3.05) is 6.61 Å². The maximum absolute atomic E-state index is 13.3. The second-order valence-corrected chi connectivity index (χ2v) is 5.96. The monoisotopic (exact) mass is 512 g/mol. The predicted octanol–water partition coefficient (Wildman–Crippen LogP) is 6.03. The van der Waals surface area contributed by atoms with Crippen molar-refractivity contribution >= 4 is 0 Å². The number of alkyl halides is 19. The molecule has 0 aromatic carbocycles. The Hall–Kier alpha value is -1.37. The van der Waals surface area contributed by atoms with Crippen LogP contribution < -0.4 is 0 Å². The Kier molecular flexibility index (Phi) is 5.87. The minimum absolute atomic E-state index is 1.58. The zero-order chi connectivity index (χ0) is 25.5. The molecule has 0 aromatic heterocycles. The van der Waals surface area contributed by atoms with Gasteiger partial charge < -0.3 is 4.74 Å². The summed E-state index contributed by atoms with van der Waals surface area (Å²) in [6.45, 7) is -1.58. The van der Waals surface area contributed by atoms with Crippen molar-refractivity contribution in [3.8, 4) is 0 Å². The summed E-state index contributed by atoms with van der Waals surface area (Å²) in [4.78, 5) is 0. The van der Waals surface area contributed by atoms with Crippen molar-refractivity contribution in [1.29, 1.82) is 0 Å². The first-order valence-corrected chi connectivity index (χ1v) is 6.81. The van der Waals surface area contributed by atoms with Crippen LogP contribution in [-0.4, -0.2) is 66.3 Å². The second-order valence-electron chi connectivity index (χ2n) is 5.96. The highest BCUT2D eigenvalue weighted by atomic mass is 19.4. The first kappa shape index (κ1) is 27.7. The number of epoxide rings is 1. The van der Waals surface area contributed by atoms with Gasteiger partial charge in [0.2, 0.25) is 0 Å². The zero-order valence-electron chi connectivity index (χ0n) is 13.4. The lowest BCUT2D eigenvalue weighted by Gasteiger charge is -2.43. The van der Waals surface area contributed by atoms with Crippen molar-refractivity contribution in [3.05, 3.63) is 0 Å². The van der Waals surface area contributed by atoms with Gasteiger partial charge in [-0.1, -0.05) is 0 Å². The molecule has 0 saturated carbocycles. The molecule has 0 bridgehead atoms. The lowest BCUT2D eigenvalue weighted by molar-refractivity contribution is -0.469. The number of halogens is 19. The summed E-state index contributed by atoms with van der Waals surface area (Å²) in [5, 5.41) is 0. The van der Waals surface area contributed by atoms with E-state index in [1.54, 1.807) is 0 Å². The molecule has 0 N–H and O–H groups in total. The molecule has 1 saturated heterocycles. The molecule has 0 aromatic rings. The minimum atomic E-state index is -8.88. The first-order valence-electron chi connectivity index (χ1n) is 6.81. The summed E-state index contributed by atoms with van der Waals surface area (Å²) in [6.07, 6.45) is -11.2. The van der Waals surface area contributed by atoms with Gasteiger partial charge in [-0.15, -0.1) is 0 Å². The third-order valence-corrected chi connectivity index (χ3v) is 3.88. The fraction of sp³-hybridized carbons (Fsp3) is 1.00. The van der Waals surface area contributed by atoms with Gasteiger partial charge in [-0.3, -0.25) is 0 Å². The van der Waals surface area contributed by atoms with Gasteiger partial charge in [0.25, 0.3) is 0 Å². The quantitative estimate of drug-likeness (QED) is 0.286. The molecule has 1 nitrogen and oxygen atoms in total. The largest absolute Gasteiger partial charge is 0.460 e. The molecule has 1 atom stereocenters. The molecule has 0 aliphatic carbocycles. The van der Waals surface area contributed by atoms with Crippen molar-refractivity contribution in [1.82, 2.24) is 0 Å². The number of ether oxygens (including phenoxy) is 1. The van der Waals surface area contributed by atoms with Crippen molar-refractivity contribution in [2.45, 2.75) is 59.7 Å². The zero-order valence-corrected chi connectivity index (χ0v) is 13.4. The van der Waals surface area contributed by atoms with Crippen LogP contribution in [-0.2, 0) is 4.74 Å². The predicted molar refractivity (Wildman–Crippen MR) is 55.4 cm³/mol. The fourth-order valence-corrected chi connectivity index (χ4v) is 1.83. The van der Waals surface area contributed by atoms with E-state index in [4.69, 9.17) is 0 Å². The number of hydrogen-bond donors (Lipinski definition) is 0. The molecule has 0 unspecified atom stereocenters. The van der Waals surface area contributed by atoms with Gasteiger partial charge >= 0.3 is 53.6 Å². The molecule has 1 rings (SSSR count). The molecule has 186 valence electrons. The fourth-order valence-electron chi connectivity index (χ4n) is 1.83. The summed E-state index contributed by atoms with van der Waals surface area (Å²) >= 11 is 0. The van der Waals surface area contributed by atoms with Crippen LogP contribution in [0.5, 0.6) is 0 Å². The second kappa shape index (κ2) is 6.58. The van der Waals surface area contributed by atoms with E-state index in [0.29, 0.717) is 0 Å². The SMILES string of the molecule is FC(F)(F)C(F)(F)C(F)(F)C(F)(F)C(F)(F)C(F)(F)C(F)(F)C(F)(F)C(F)(F)[C@@H]1CO1. The van der Waals surface area contributed by atoms with Gasteiger partial charge in [-0.2, -0.15) is 83.4 Å². The Labute approximate surface area is 156 Å². The van der Waals surface area contributed by atoms with Gasteiger partial charge in [0.05, 0.1) is 6.61 Å². The highest BCUT2D eigenvalue weighted by Crippen LogP contribution is 2.65. The Bertz CT molecular complexity index is 683. The highest BCUT2D eigenvalue weighted by Gasteiger charge is 2.97. The highest BCUT2D eigenvalue weighted by molar-refractivity contribution is 5.17. The van der Waals surface area contributed by atoms with Gasteiger partial charge in [-0.05, 0) is 0 Å². The van der Waals surface area contributed by atoms with Crippen LogP contribution in [0.4, 0.5) is 83.4 Å². The van der Waals surface area contributed by atoms with Gasteiger partial charge in [0.1, 0.15) is 0 Å². The molecular formula is C11H3F19O. The average molecular weight is 512 g/mol. The van der Waals surface area contributed by atoms with E-state index in [1.165, 1.54) is 0 Å². The van der Waals surface area contributed by atoms with Gasteiger partial charge in [-0.25, -0.2) is 0 Å². The van der Waals surface area contributed by atoms with Crippen LogP contribution in [0.3, 0.4) is 0 Å². The lowest BCUT2D eigenvalue weighted by atomic mass is 9.87. The molecule has 1 heterocycles. The molecule has 1 aliphatic rings. The van der Waals surface area contributed by atoms with Crippen molar-refractivity contribution in [2.24, 2.45) is 0 Å². The van der Waals surface area contributed by atoms with Crippen LogP contribution in [0.25, 0.3) is 0 Å². The summed E-state index contributed by atoms with van der Waals surface area (Å²) < 4.78 is 249. The van der Waals surface area contributed by atoms with E-state index >= 15 is 0 Å². The first-order chi connectivity index (χ1) is 13.1. The third kappa shape index (κ3) is 3.20. The van der Waals surface area contributed by atoms with E-state index in [9.17, 15) is 83.4 Å². The summed E-state index contributed by atoms with van der Waals surface area (Å²) in [5.41, 5.74) is 0. The van der Waals surface area contributed by atoms with Crippen LogP contribution in [0.2, 0.25) is 0 Å². The van der Waals surface area contributed by atoms with Crippen LogP contribution in [0.15, 0.2) is 0 Å². The topological polar surface area (TPSA) is 12.5 Å². The number of rotatable bonds is 8. The summed E-state index contributed by atoms with van der Waals surface area (Å²) in [7, 11) is 0. The van der Waals surface area contributed by atoms with Crippen molar-refractivity contribution < 1.29 is 88.2 Å². The number of hydrogen-bond acceptors (Lipinski definition) is 1. The molecule has 0 radical (unpaired) electrons. The smallest absolute Gasteiger partial charge is 0.366 e. The van der Waals surface area contributed by atoms with Crippen LogP contribution in [0.1, 0.15) is 0 Å². The molecule has 0 amide bonds. The molecule has 1 fully saturated rings. The standard InChI is InChI=1S/C11H3F19O/c12-3(13,2-1-31-2)4(14,15)5(16,17)6(18,19)7(20,21)8(22,23)9(24,25)10(26,27)11(28,29)30/h2H,1H2/t2-/m0/s1. The lowest BCUT2D eigenvalue weighted by Crippen LogP contribution is -2.76. The Morgan fingerprint density at radius 1 is 0.387 bits per heavy atom. The van der Waals surface area contributed by atoms with E-state index < -0.39 is 66.3 Å². The van der Waals surface area contributed by atoms with Crippen molar-refractivity contribution in [3.63, 3.8) is 0 Å². The summed E-state index contributed by atoms with van der Waals surface area (Å²) in [5.74, 6) is -66.2. The van der Waals surface area contributed by atoms with E-state index in [0.717, 1.165) is 0 Å². The molecule has 31 heavy (non-hydrogen) atoms. The average Bonchev–Trinajstić information content (AvgIpc) is 3.37. The molecular weight excluding hydrogens is 509 g/mol. The normalized spacial score (nSPS) is 20.8. The molecule has 1 aliphatic heterocycles. The van der Waals surface area contributed by atoms with Gasteiger partial charge in [0.15, 0.2) is 6.10 Å². The van der Waals surface area contributed by atoms with E-state index in [2.05, 4.69) is 4.74 Å². The summed E-state index contributed by atoms with van der Waals surface area (Å²) in [6, 6.07) is 0. The maximum Gasteiger partial charge on any atom is 0.460 e. The maximum atomic E-state index is 13.3. The van der Waals surface area contributed by atoms with E-state index in [-0.39, 0.29) is 0 Å². The Morgan fingerprint density at radius 2 is 0.613 bits per heavy atom. The van der Waals surface area contributed by atoms with Gasteiger partial charge in [0, 0.05) is 0 Å². The van der Waals surface area contributed by atoms with E-state index in [1.807, 2.05) is 0 Å². The molecule has 0 spiro atoms. The minimum Gasteiger partial charge on any atom is -0.366 e. The van der Waals surface area contributed by atoms with Crippen LogP contribution in [0, 0.1) is 0 Å². The molecule has 20 heteroatoms. The van der Waals surface area contributed by atoms with Crippen LogP contribution >= 0.6 is 0 Å². The Balaban J connectivity index is 3.65. The third-order valence-electron chi connectivity index (χ3n) is 3.88. The Morgan fingerprint density at radius 3 is 0.839 bits per heavy atom.